The maximum atomic E-state index is 12.1. The van der Waals surface area contributed by atoms with E-state index in [0.717, 1.165) is 18.8 Å². The van der Waals surface area contributed by atoms with E-state index >= 15 is 0 Å². The van der Waals surface area contributed by atoms with Gasteiger partial charge in [0.05, 0.1) is 0 Å². The van der Waals surface area contributed by atoms with E-state index in [9.17, 15) is 9.59 Å². The number of carbonyl (C=O) groups excluding carboxylic acids is 2. The number of amides is 2. The van der Waals surface area contributed by atoms with Crippen LogP contribution in [0.4, 0.5) is 17.1 Å². The second-order valence-corrected chi connectivity index (χ2v) is 6.58. The molecule has 1 fully saturated rings. The van der Waals surface area contributed by atoms with Gasteiger partial charge in [-0.1, -0.05) is 0 Å². The molecule has 2 aliphatic rings. The molecule has 140 valence electrons. The predicted octanol–water partition coefficient (Wildman–Crippen LogP) is 2.98. The second-order valence-electron chi connectivity index (χ2n) is 6.58. The molecule has 7 heteroatoms. The molecular formula is C20H21N3O4. The third-order valence-corrected chi connectivity index (χ3v) is 4.60. The molecule has 7 nitrogen and oxygen atoms in total. The van der Waals surface area contributed by atoms with Crippen LogP contribution in [-0.2, 0) is 9.59 Å². The van der Waals surface area contributed by atoms with Crippen molar-refractivity contribution in [3.8, 4) is 11.5 Å². The monoisotopic (exact) mass is 367 g/mol. The summed E-state index contributed by atoms with van der Waals surface area (Å²) < 4.78 is 10.5. The second kappa shape index (κ2) is 7.57. The molecule has 0 saturated carbocycles. The van der Waals surface area contributed by atoms with E-state index in [1.54, 1.807) is 18.2 Å². The van der Waals surface area contributed by atoms with Crippen LogP contribution in [0.1, 0.15) is 19.3 Å². The summed E-state index contributed by atoms with van der Waals surface area (Å²) in [5, 5.41) is 5.45. The molecule has 0 bridgehead atoms. The minimum atomic E-state index is -0.389. The van der Waals surface area contributed by atoms with E-state index in [-0.39, 0.29) is 25.0 Å². The van der Waals surface area contributed by atoms with Crippen LogP contribution < -0.4 is 25.0 Å². The highest BCUT2D eigenvalue weighted by molar-refractivity contribution is 6.08. The van der Waals surface area contributed by atoms with Crippen LogP contribution in [0.2, 0.25) is 0 Å². The number of hydrogen-bond donors (Lipinski definition) is 2. The van der Waals surface area contributed by atoms with Gasteiger partial charge in [-0.15, -0.1) is 0 Å². The highest BCUT2D eigenvalue weighted by Gasteiger charge is 2.16. The van der Waals surface area contributed by atoms with Gasteiger partial charge in [0.15, 0.2) is 11.5 Å². The summed E-state index contributed by atoms with van der Waals surface area (Å²) in [6.07, 6.45) is 2.18. The van der Waals surface area contributed by atoms with Crippen molar-refractivity contribution >= 4 is 28.9 Å². The largest absolute Gasteiger partial charge is 0.454 e. The normalized spacial score (nSPS) is 14.9. The van der Waals surface area contributed by atoms with Gasteiger partial charge in [-0.3, -0.25) is 9.59 Å². The average molecular weight is 367 g/mol. The van der Waals surface area contributed by atoms with E-state index in [0.29, 0.717) is 22.9 Å². The van der Waals surface area contributed by atoms with Crippen LogP contribution in [0, 0.1) is 0 Å². The number of benzene rings is 2. The van der Waals surface area contributed by atoms with E-state index in [1.165, 1.54) is 12.8 Å². The SMILES string of the molecule is O=C(CC(=O)Nc1ccc2c(c1)OCO2)Nc1ccc(N2CCCC2)cc1. The molecule has 2 aromatic rings. The fourth-order valence-corrected chi connectivity index (χ4v) is 3.26. The van der Waals surface area contributed by atoms with Crippen molar-refractivity contribution in [2.45, 2.75) is 19.3 Å². The number of ether oxygens (including phenoxy) is 2. The fraction of sp³-hybridized carbons (Fsp3) is 0.300. The Kier molecular flexibility index (Phi) is 4.82. The third kappa shape index (κ3) is 4.13. The molecule has 0 radical (unpaired) electrons. The first kappa shape index (κ1) is 17.2. The molecular weight excluding hydrogens is 346 g/mol. The van der Waals surface area contributed by atoms with Crippen LogP contribution in [0.3, 0.4) is 0 Å². The van der Waals surface area contributed by atoms with Crippen LogP contribution in [0.15, 0.2) is 42.5 Å². The van der Waals surface area contributed by atoms with Gasteiger partial charge in [0, 0.05) is 36.2 Å². The molecule has 0 atom stereocenters. The van der Waals surface area contributed by atoms with Crippen molar-refractivity contribution in [1.82, 2.24) is 0 Å². The molecule has 0 aliphatic carbocycles. The number of carbonyl (C=O) groups is 2. The predicted molar refractivity (Wildman–Crippen MR) is 102 cm³/mol. The molecule has 2 N–H and O–H groups in total. The van der Waals surface area contributed by atoms with Gasteiger partial charge in [0.1, 0.15) is 6.42 Å². The van der Waals surface area contributed by atoms with Gasteiger partial charge in [0.2, 0.25) is 18.6 Å². The summed E-state index contributed by atoms with van der Waals surface area (Å²) in [5.41, 5.74) is 2.40. The van der Waals surface area contributed by atoms with Crippen molar-refractivity contribution in [3.63, 3.8) is 0 Å². The average Bonchev–Trinajstić information content (AvgIpc) is 3.33. The topological polar surface area (TPSA) is 79.9 Å². The first-order valence-corrected chi connectivity index (χ1v) is 9.02. The molecule has 2 heterocycles. The lowest BCUT2D eigenvalue weighted by Gasteiger charge is -2.17. The third-order valence-electron chi connectivity index (χ3n) is 4.60. The quantitative estimate of drug-likeness (QED) is 0.794. The summed E-state index contributed by atoms with van der Waals surface area (Å²) in [5.74, 6) is 0.473. The Morgan fingerprint density at radius 3 is 2.22 bits per heavy atom. The Morgan fingerprint density at radius 1 is 0.852 bits per heavy atom. The molecule has 0 unspecified atom stereocenters. The minimum absolute atomic E-state index is 0.172. The van der Waals surface area contributed by atoms with Gasteiger partial charge in [-0.25, -0.2) is 0 Å². The van der Waals surface area contributed by atoms with E-state index in [4.69, 9.17) is 9.47 Å². The first-order chi connectivity index (χ1) is 13.2. The van der Waals surface area contributed by atoms with Crippen molar-refractivity contribution in [2.24, 2.45) is 0 Å². The zero-order valence-corrected chi connectivity index (χ0v) is 14.9. The van der Waals surface area contributed by atoms with Crippen molar-refractivity contribution in [3.05, 3.63) is 42.5 Å². The maximum Gasteiger partial charge on any atom is 0.233 e. The molecule has 2 amide bonds. The Labute approximate surface area is 157 Å². The van der Waals surface area contributed by atoms with Crippen molar-refractivity contribution < 1.29 is 19.1 Å². The van der Waals surface area contributed by atoms with Crippen molar-refractivity contribution in [1.29, 1.82) is 0 Å². The summed E-state index contributed by atoms with van der Waals surface area (Å²) in [6, 6.07) is 12.8. The number of anilines is 3. The van der Waals surface area contributed by atoms with Crippen LogP contribution >= 0.6 is 0 Å². The Bertz CT molecular complexity index is 845. The molecule has 0 spiro atoms. The lowest BCUT2D eigenvalue weighted by atomic mass is 10.2. The number of hydrogen-bond acceptors (Lipinski definition) is 5. The highest BCUT2D eigenvalue weighted by atomic mass is 16.7. The fourth-order valence-electron chi connectivity index (χ4n) is 3.26. The Balaban J connectivity index is 1.29. The summed E-state index contributed by atoms with van der Waals surface area (Å²) >= 11 is 0. The number of rotatable bonds is 5. The summed E-state index contributed by atoms with van der Waals surface area (Å²) in [4.78, 5) is 26.5. The van der Waals surface area contributed by atoms with Gasteiger partial charge >= 0.3 is 0 Å². The van der Waals surface area contributed by atoms with Crippen LogP contribution in [0.25, 0.3) is 0 Å². The first-order valence-electron chi connectivity index (χ1n) is 9.02. The van der Waals surface area contributed by atoms with E-state index < -0.39 is 0 Å². The molecule has 1 saturated heterocycles. The van der Waals surface area contributed by atoms with Crippen molar-refractivity contribution in [2.75, 3.05) is 35.4 Å². The standard InChI is InChI=1S/C20H21N3O4/c24-19(21-14-3-6-16(7-4-14)23-9-1-2-10-23)12-20(25)22-15-5-8-17-18(11-15)27-13-26-17/h3-8,11H,1-2,9-10,12-13H2,(H,21,24)(H,22,25). The lowest BCUT2D eigenvalue weighted by Crippen LogP contribution is -2.21. The van der Waals surface area contributed by atoms with Gasteiger partial charge in [-0.05, 0) is 49.2 Å². The molecule has 2 aromatic carbocycles. The smallest absolute Gasteiger partial charge is 0.233 e. The molecule has 0 aromatic heterocycles. The van der Waals surface area contributed by atoms with Gasteiger partial charge in [-0.2, -0.15) is 0 Å². The summed E-state index contributed by atoms with van der Waals surface area (Å²) in [6.45, 7) is 2.32. The van der Waals surface area contributed by atoms with Gasteiger partial charge in [0.25, 0.3) is 0 Å². The van der Waals surface area contributed by atoms with E-state index in [1.807, 2.05) is 24.3 Å². The summed E-state index contributed by atoms with van der Waals surface area (Å²) in [7, 11) is 0. The number of nitrogens with one attached hydrogen (secondary N) is 2. The molecule has 4 rings (SSSR count). The zero-order chi connectivity index (χ0) is 18.6. The highest BCUT2D eigenvalue weighted by Crippen LogP contribution is 2.34. The van der Waals surface area contributed by atoms with Gasteiger partial charge < -0.3 is 25.0 Å². The zero-order valence-electron chi connectivity index (χ0n) is 14.9. The van der Waals surface area contributed by atoms with Crippen LogP contribution in [0.5, 0.6) is 11.5 Å². The minimum Gasteiger partial charge on any atom is -0.454 e. The number of nitrogens with zero attached hydrogens (tertiary/aromatic N) is 1. The number of fused-ring (bicyclic) bond motifs is 1. The van der Waals surface area contributed by atoms with Crippen LogP contribution in [-0.4, -0.2) is 31.7 Å². The molecule has 2 aliphatic heterocycles. The Morgan fingerprint density at radius 2 is 1.48 bits per heavy atom. The Hall–Kier alpha value is -3.22. The lowest BCUT2D eigenvalue weighted by molar-refractivity contribution is -0.123. The molecule has 27 heavy (non-hydrogen) atoms. The maximum absolute atomic E-state index is 12.1. The van der Waals surface area contributed by atoms with E-state index in [2.05, 4.69) is 15.5 Å².